The smallest absolute Gasteiger partial charge is 0.328 e. The van der Waals surface area contributed by atoms with Crippen LogP contribution in [0.1, 0.15) is 51.2 Å². The molecule has 0 saturated heterocycles. The molecule has 22 heavy (non-hydrogen) atoms. The highest BCUT2D eigenvalue weighted by Crippen LogP contribution is 2.72. The topological polar surface area (TPSA) is 57.5 Å². The van der Waals surface area contributed by atoms with E-state index in [0.29, 0.717) is 5.92 Å². The van der Waals surface area contributed by atoms with Gasteiger partial charge in [-0.15, -0.1) is 0 Å². The standard InChI is InChI=1S/C19H24O3/c1-17(2)14-10-11-18(17,3)19(22,12-14)15-7-5-4-6-13(15)8-9-16(20)21/h4-9,14,22H,10-12H2,1-3H3,(H,20,21). The maximum atomic E-state index is 11.6. The number of carboxylic acids is 1. The van der Waals surface area contributed by atoms with Gasteiger partial charge in [-0.05, 0) is 47.8 Å². The molecule has 0 amide bonds. The summed E-state index contributed by atoms with van der Waals surface area (Å²) in [5, 5.41) is 20.5. The summed E-state index contributed by atoms with van der Waals surface area (Å²) in [6, 6.07) is 7.64. The summed E-state index contributed by atoms with van der Waals surface area (Å²) in [6.45, 7) is 6.72. The van der Waals surface area contributed by atoms with Crippen molar-refractivity contribution in [1.82, 2.24) is 0 Å². The van der Waals surface area contributed by atoms with Gasteiger partial charge >= 0.3 is 5.97 Å². The minimum atomic E-state index is -0.971. The van der Waals surface area contributed by atoms with Crippen LogP contribution in [-0.2, 0) is 10.4 Å². The molecule has 0 spiro atoms. The normalized spacial score (nSPS) is 36.1. The van der Waals surface area contributed by atoms with Gasteiger partial charge in [0.15, 0.2) is 0 Å². The first kappa shape index (κ1) is 15.3. The van der Waals surface area contributed by atoms with Gasteiger partial charge in [-0.25, -0.2) is 4.79 Å². The van der Waals surface area contributed by atoms with Gasteiger partial charge < -0.3 is 10.2 Å². The molecule has 2 bridgehead atoms. The molecular formula is C19H24O3. The van der Waals surface area contributed by atoms with E-state index >= 15 is 0 Å². The van der Waals surface area contributed by atoms with E-state index in [1.807, 2.05) is 24.3 Å². The average molecular weight is 300 g/mol. The Morgan fingerprint density at radius 2 is 1.95 bits per heavy atom. The largest absolute Gasteiger partial charge is 0.478 e. The summed E-state index contributed by atoms with van der Waals surface area (Å²) in [6.07, 6.45) is 5.67. The van der Waals surface area contributed by atoms with Crippen LogP contribution in [0.4, 0.5) is 0 Å². The highest BCUT2D eigenvalue weighted by Gasteiger charge is 2.69. The molecule has 0 aromatic heterocycles. The molecule has 3 nitrogen and oxygen atoms in total. The summed E-state index contributed by atoms with van der Waals surface area (Å²) >= 11 is 0. The van der Waals surface area contributed by atoms with E-state index in [1.54, 1.807) is 6.08 Å². The lowest BCUT2D eigenvalue weighted by Gasteiger charge is -2.46. The van der Waals surface area contributed by atoms with E-state index in [4.69, 9.17) is 5.11 Å². The minimum Gasteiger partial charge on any atom is -0.478 e. The van der Waals surface area contributed by atoms with Crippen LogP contribution in [-0.4, -0.2) is 16.2 Å². The Hall–Kier alpha value is -1.61. The number of benzene rings is 1. The zero-order valence-electron chi connectivity index (χ0n) is 13.5. The molecule has 0 radical (unpaired) electrons. The van der Waals surface area contributed by atoms with Crippen molar-refractivity contribution in [3.63, 3.8) is 0 Å². The van der Waals surface area contributed by atoms with Crippen molar-refractivity contribution in [3.8, 4) is 0 Å². The summed E-state index contributed by atoms with van der Waals surface area (Å²) < 4.78 is 0. The number of carbonyl (C=O) groups is 1. The lowest BCUT2D eigenvalue weighted by molar-refractivity contribution is -0.131. The molecule has 2 fully saturated rings. The Balaban J connectivity index is 2.11. The van der Waals surface area contributed by atoms with Crippen molar-refractivity contribution >= 4 is 12.0 Å². The van der Waals surface area contributed by atoms with Gasteiger partial charge in [-0.3, -0.25) is 0 Å². The fourth-order valence-electron chi connectivity index (χ4n) is 4.86. The molecule has 3 unspecified atom stereocenters. The van der Waals surface area contributed by atoms with Crippen molar-refractivity contribution in [1.29, 1.82) is 0 Å². The number of hydrogen-bond donors (Lipinski definition) is 2. The van der Waals surface area contributed by atoms with Gasteiger partial charge in [0.1, 0.15) is 0 Å². The van der Waals surface area contributed by atoms with Crippen molar-refractivity contribution in [2.24, 2.45) is 16.7 Å². The number of aliphatic carboxylic acids is 1. The number of rotatable bonds is 3. The van der Waals surface area contributed by atoms with Crippen molar-refractivity contribution < 1.29 is 15.0 Å². The third kappa shape index (κ3) is 1.81. The van der Waals surface area contributed by atoms with Crippen LogP contribution in [0.15, 0.2) is 30.3 Å². The van der Waals surface area contributed by atoms with Crippen LogP contribution in [0.2, 0.25) is 0 Å². The van der Waals surface area contributed by atoms with Crippen LogP contribution in [0, 0.1) is 16.7 Å². The highest BCUT2D eigenvalue weighted by atomic mass is 16.4. The average Bonchev–Trinajstić information content (AvgIpc) is 2.77. The number of aliphatic hydroxyl groups is 1. The Kier molecular flexibility index (Phi) is 3.26. The van der Waals surface area contributed by atoms with Crippen LogP contribution in [0.3, 0.4) is 0 Å². The molecule has 3 heteroatoms. The van der Waals surface area contributed by atoms with Crippen LogP contribution in [0.25, 0.3) is 6.08 Å². The molecular weight excluding hydrogens is 276 g/mol. The second-order valence-electron chi connectivity index (χ2n) is 7.61. The SMILES string of the molecule is CC1(C)C2CCC1(C)C(O)(c1ccccc1C=CC(=O)O)C2. The van der Waals surface area contributed by atoms with E-state index in [0.717, 1.165) is 30.0 Å². The Morgan fingerprint density at radius 3 is 2.50 bits per heavy atom. The van der Waals surface area contributed by atoms with Crippen molar-refractivity contribution in [2.75, 3.05) is 0 Å². The van der Waals surface area contributed by atoms with Gasteiger partial charge in [0, 0.05) is 11.5 Å². The maximum Gasteiger partial charge on any atom is 0.328 e. The van der Waals surface area contributed by atoms with Gasteiger partial charge in [-0.2, -0.15) is 0 Å². The number of carboxylic acid groups (broad SMARTS) is 1. The molecule has 3 rings (SSSR count). The molecule has 2 aliphatic rings. The summed E-state index contributed by atoms with van der Waals surface area (Å²) in [5.74, 6) is -0.458. The van der Waals surface area contributed by atoms with E-state index in [9.17, 15) is 9.90 Å². The fourth-order valence-corrected chi connectivity index (χ4v) is 4.86. The van der Waals surface area contributed by atoms with Crippen molar-refractivity contribution in [2.45, 2.75) is 45.6 Å². The first-order valence-electron chi connectivity index (χ1n) is 7.95. The predicted octanol–water partition coefficient (Wildman–Crippen LogP) is 3.82. The van der Waals surface area contributed by atoms with Crippen LogP contribution in [0.5, 0.6) is 0 Å². The zero-order valence-corrected chi connectivity index (χ0v) is 13.5. The Morgan fingerprint density at radius 1 is 1.27 bits per heavy atom. The zero-order chi connectivity index (χ0) is 16.2. The molecule has 2 saturated carbocycles. The summed E-state index contributed by atoms with van der Waals surface area (Å²) in [5.41, 5.74) is 0.685. The molecule has 2 aliphatic carbocycles. The fraction of sp³-hybridized carbons (Fsp3) is 0.526. The maximum absolute atomic E-state index is 11.6. The molecule has 1 aromatic rings. The van der Waals surface area contributed by atoms with Crippen molar-refractivity contribution in [3.05, 3.63) is 41.5 Å². The van der Waals surface area contributed by atoms with Gasteiger partial charge in [0.05, 0.1) is 5.60 Å². The lowest BCUT2D eigenvalue weighted by atomic mass is 9.62. The number of hydrogen-bond acceptors (Lipinski definition) is 2. The van der Waals surface area contributed by atoms with Crippen LogP contribution >= 0.6 is 0 Å². The molecule has 118 valence electrons. The first-order valence-corrected chi connectivity index (χ1v) is 7.95. The lowest BCUT2D eigenvalue weighted by Crippen LogP contribution is -2.45. The van der Waals surface area contributed by atoms with Gasteiger partial charge in [0.25, 0.3) is 0 Å². The summed E-state index contributed by atoms with van der Waals surface area (Å²) in [4.78, 5) is 10.8. The number of fused-ring (bicyclic) bond motifs is 2. The molecule has 2 N–H and O–H groups in total. The molecule has 0 aliphatic heterocycles. The Labute approximate surface area is 131 Å². The van der Waals surface area contributed by atoms with Crippen LogP contribution < -0.4 is 0 Å². The second kappa shape index (κ2) is 4.69. The quantitative estimate of drug-likeness (QED) is 0.834. The Bertz CT molecular complexity index is 646. The van der Waals surface area contributed by atoms with E-state index in [-0.39, 0.29) is 10.8 Å². The molecule has 1 aromatic carbocycles. The first-order chi connectivity index (χ1) is 10.2. The van der Waals surface area contributed by atoms with E-state index in [2.05, 4.69) is 20.8 Å². The highest BCUT2D eigenvalue weighted by molar-refractivity contribution is 5.85. The molecule has 3 atom stereocenters. The monoisotopic (exact) mass is 300 g/mol. The minimum absolute atomic E-state index is 0.0887. The van der Waals surface area contributed by atoms with Gasteiger partial charge in [0.2, 0.25) is 0 Å². The van der Waals surface area contributed by atoms with Gasteiger partial charge in [-0.1, -0.05) is 45.0 Å². The predicted molar refractivity (Wildman–Crippen MR) is 86.2 cm³/mol. The molecule has 0 heterocycles. The van der Waals surface area contributed by atoms with E-state index in [1.165, 1.54) is 6.42 Å². The third-order valence-corrected chi connectivity index (χ3v) is 6.70. The second-order valence-corrected chi connectivity index (χ2v) is 7.61. The van der Waals surface area contributed by atoms with E-state index < -0.39 is 11.6 Å². The third-order valence-electron chi connectivity index (χ3n) is 6.70. The summed E-state index contributed by atoms with van der Waals surface area (Å²) in [7, 11) is 0.